The average Bonchev–Trinajstić information content (AvgIpc) is 2.29. The lowest BCUT2D eigenvalue weighted by Gasteiger charge is -2.32. The second kappa shape index (κ2) is 4.33. The Morgan fingerprint density at radius 3 is 2.82 bits per heavy atom. The first-order valence-corrected chi connectivity index (χ1v) is 5.43. The normalized spacial score (nSPS) is 20.4. The molecule has 0 radical (unpaired) electrons. The zero-order valence-corrected chi connectivity index (χ0v) is 9.79. The van der Waals surface area contributed by atoms with E-state index in [1.165, 1.54) is 23.1 Å². The first-order valence-electron chi connectivity index (χ1n) is 5.05. The van der Waals surface area contributed by atoms with Crippen LogP contribution >= 0.6 is 11.6 Å². The maximum atomic E-state index is 13.0. The van der Waals surface area contributed by atoms with Crippen molar-refractivity contribution in [1.82, 2.24) is 5.32 Å². The van der Waals surface area contributed by atoms with Crippen molar-refractivity contribution in [3.63, 3.8) is 0 Å². The third-order valence-electron chi connectivity index (χ3n) is 2.63. The van der Waals surface area contributed by atoms with Crippen molar-refractivity contribution in [3.8, 4) is 0 Å². The molecule has 1 N–H and O–H groups in total. The predicted octanol–water partition coefficient (Wildman–Crippen LogP) is 1.33. The van der Waals surface area contributed by atoms with Gasteiger partial charge in [-0.25, -0.2) is 4.39 Å². The number of nitrogens with zero attached hydrogens (tertiary/aromatic N) is 1. The Bertz CT molecular complexity index is 492. The molecule has 6 heteroatoms. The molecule has 1 aliphatic rings. The molecule has 0 saturated carbocycles. The van der Waals surface area contributed by atoms with E-state index >= 15 is 0 Å². The Morgan fingerprint density at radius 2 is 2.18 bits per heavy atom. The van der Waals surface area contributed by atoms with Gasteiger partial charge in [0.15, 0.2) is 0 Å². The molecule has 1 aromatic rings. The summed E-state index contributed by atoms with van der Waals surface area (Å²) in [5, 5.41) is 2.39. The molecular formula is C11H10ClFN2O2. The second-order valence-corrected chi connectivity index (χ2v) is 4.16. The van der Waals surface area contributed by atoms with Gasteiger partial charge in [-0.05, 0) is 25.1 Å². The molecule has 1 fully saturated rings. The number of rotatable bonds is 1. The summed E-state index contributed by atoms with van der Waals surface area (Å²) in [6.07, 6.45) is 0. The summed E-state index contributed by atoms with van der Waals surface area (Å²) in [4.78, 5) is 24.5. The van der Waals surface area contributed by atoms with Crippen molar-refractivity contribution in [2.24, 2.45) is 0 Å². The van der Waals surface area contributed by atoms with Crippen LogP contribution in [0.4, 0.5) is 10.1 Å². The Hall–Kier alpha value is -1.62. The summed E-state index contributed by atoms with van der Waals surface area (Å²) < 4.78 is 13.0. The average molecular weight is 257 g/mol. The van der Waals surface area contributed by atoms with Gasteiger partial charge in [-0.3, -0.25) is 14.5 Å². The van der Waals surface area contributed by atoms with Gasteiger partial charge >= 0.3 is 0 Å². The smallest absolute Gasteiger partial charge is 0.247 e. The number of amides is 2. The molecule has 90 valence electrons. The summed E-state index contributed by atoms with van der Waals surface area (Å²) in [6.45, 7) is 1.54. The summed E-state index contributed by atoms with van der Waals surface area (Å²) in [5.74, 6) is -1.05. The number of carbonyl (C=O) groups excluding carboxylic acids is 2. The van der Waals surface area contributed by atoms with Gasteiger partial charge in [0.25, 0.3) is 0 Å². The third kappa shape index (κ3) is 2.10. The summed E-state index contributed by atoms with van der Waals surface area (Å²) in [5.41, 5.74) is 0.420. The number of anilines is 1. The lowest BCUT2D eigenvalue weighted by molar-refractivity contribution is -0.130. The van der Waals surface area contributed by atoms with Crippen LogP contribution in [0, 0.1) is 5.82 Å². The molecule has 1 aromatic carbocycles. The van der Waals surface area contributed by atoms with E-state index in [1.54, 1.807) is 6.92 Å². The fraction of sp³-hybridized carbons (Fsp3) is 0.273. The highest BCUT2D eigenvalue weighted by atomic mass is 35.5. The van der Waals surface area contributed by atoms with Crippen LogP contribution < -0.4 is 10.2 Å². The van der Waals surface area contributed by atoms with Crippen LogP contribution in [0.2, 0.25) is 5.02 Å². The lowest BCUT2D eigenvalue weighted by Crippen LogP contribution is -2.57. The molecule has 17 heavy (non-hydrogen) atoms. The first kappa shape index (κ1) is 11.9. The highest BCUT2D eigenvalue weighted by Crippen LogP contribution is 2.25. The van der Waals surface area contributed by atoms with E-state index in [-0.39, 0.29) is 23.4 Å². The molecule has 0 spiro atoms. The van der Waals surface area contributed by atoms with Gasteiger partial charge in [-0.1, -0.05) is 11.6 Å². The van der Waals surface area contributed by atoms with E-state index < -0.39 is 11.9 Å². The predicted molar refractivity (Wildman–Crippen MR) is 61.4 cm³/mol. The summed E-state index contributed by atoms with van der Waals surface area (Å²) >= 11 is 5.65. The van der Waals surface area contributed by atoms with Crippen molar-refractivity contribution in [3.05, 3.63) is 29.0 Å². The molecule has 0 aromatic heterocycles. The van der Waals surface area contributed by atoms with Gasteiger partial charge in [0.1, 0.15) is 11.9 Å². The zero-order chi connectivity index (χ0) is 12.6. The quantitative estimate of drug-likeness (QED) is 0.824. The van der Waals surface area contributed by atoms with E-state index in [4.69, 9.17) is 11.6 Å². The molecule has 0 aliphatic carbocycles. The van der Waals surface area contributed by atoms with Crippen LogP contribution in [0.5, 0.6) is 0 Å². The molecular weight excluding hydrogens is 247 g/mol. The van der Waals surface area contributed by atoms with Gasteiger partial charge < -0.3 is 5.32 Å². The van der Waals surface area contributed by atoms with Crippen molar-refractivity contribution in [2.75, 3.05) is 11.4 Å². The number of nitrogens with one attached hydrogen (secondary N) is 1. The zero-order valence-electron chi connectivity index (χ0n) is 9.04. The fourth-order valence-electron chi connectivity index (χ4n) is 1.73. The topological polar surface area (TPSA) is 49.4 Å². The van der Waals surface area contributed by atoms with Gasteiger partial charge in [-0.15, -0.1) is 0 Å². The lowest BCUT2D eigenvalue weighted by atomic mass is 10.1. The first-order chi connectivity index (χ1) is 8.00. The van der Waals surface area contributed by atoms with Crippen LogP contribution in [0.1, 0.15) is 6.92 Å². The van der Waals surface area contributed by atoms with E-state index in [0.29, 0.717) is 5.69 Å². The highest BCUT2D eigenvalue weighted by molar-refractivity contribution is 6.31. The van der Waals surface area contributed by atoms with Crippen molar-refractivity contribution < 1.29 is 14.0 Å². The second-order valence-electron chi connectivity index (χ2n) is 3.76. The molecule has 1 unspecified atom stereocenters. The van der Waals surface area contributed by atoms with Gasteiger partial charge in [-0.2, -0.15) is 0 Å². The molecule has 1 heterocycles. The highest BCUT2D eigenvalue weighted by Gasteiger charge is 2.32. The maximum Gasteiger partial charge on any atom is 0.247 e. The van der Waals surface area contributed by atoms with Crippen molar-refractivity contribution in [1.29, 1.82) is 0 Å². The Morgan fingerprint density at radius 1 is 1.47 bits per heavy atom. The molecule has 0 bridgehead atoms. The van der Waals surface area contributed by atoms with E-state index in [1.807, 2.05) is 0 Å². The molecule has 4 nitrogen and oxygen atoms in total. The number of benzene rings is 1. The number of piperazine rings is 1. The van der Waals surface area contributed by atoms with E-state index in [0.717, 1.165) is 0 Å². The van der Waals surface area contributed by atoms with E-state index in [9.17, 15) is 14.0 Å². The van der Waals surface area contributed by atoms with E-state index in [2.05, 4.69) is 5.32 Å². The molecule has 2 rings (SSSR count). The number of carbonyl (C=O) groups is 2. The number of halogens is 2. The van der Waals surface area contributed by atoms with Crippen molar-refractivity contribution in [2.45, 2.75) is 13.0 Å². The summed E-state index contributed by atoms with van der Waals surface area (Å²) in [7, 11) is 0. The summed E-state index contributed by atoms with van der Waals surface area (Å²) in [6, 6.07) is 3.31. The van der Waals surface area contributed by atoms with Gasteiger partial charge in [0.05, 0.1) is 11.6 Å². The monoisotopic (exact) mass is 256 g/mol. The number of hydrogen-bond donors (Lipinski definition) is 1. The largest absolute Gasteiger partial charge is 0.345 e. The Balaban J connectivity index is 2.39. The standard InChI is InChI=1S/C11H10ClFN2O2/c1-6-11(17)14-5-10(16)15(6)7-2-3-9(13)8(12)4-7/h2-4,6H,5H2,1H3,(H,14,17). The molecule has 1 saturated heterocycles. The Kier molecular flexibility index (Phi) is 3.02. The van der Waals surface area contributed by atoms with Crippen LogP contribution in [-0.4, -0.2) is 24.4 Å². The number of hydrogen-bond acceptors (Lipinski definition) is 2. The molecule has 2 amide bonds. The van der Waals surface area contributed by atoms with Crippen LogP contribution in [0.15, 0.2) is 18.2 Å². The minimum Gasteiger partial charge on any atom is -0.345 e. The Labute approximate surface area is 102 Å². The third-order valence-corrected chi connectivity index (χ3v) is 2.92. The van der Waals surface area contributed by atoms with Gasteiger partial charge in [0.2, 0.25) is 11.8 Å². The molecule has 1 atom stereocenters. The minimum absolute atomic E-state index is 0.0574. The SMILES string of the molecule is CC1C(=O)NCC(=O)N1c1ccc(F)c(Cl)c1. The maximum absolute atomic E-state index is 13.0. The van der Waals surface area contributed by atoms with Crippen LogP contribution in [-0.2, 0) is 9.59 Å². The molecule has 1 aliphatic heterocycles. The van der Waals surface area contributed by atoms with Crippen LogP contribution in [0.3, 0.4) is 0 Å². The fourth-order valence-corrected chi connectivity index (χ4v) is 1.91. The van der Waals surface area contributed by atoms with Crippen LogP contribution in [0.25, 0.3) is 0 Å². The minimum atomic E-state index is -0.627. The van der Waals surface area contributed by atoms with Gasteiger partial charge in [0, 0.05) is 5.69 Å². The van der Waals surface area contributed by atoms with Crippen molar-refractivity contribution >= 4 is 29.1 Å².